The van der Waals surface area contributed by atoms with Gasteiger partial charge in [0.05, 0.1) is 30.3 Å². The summed E-state index contributed by atoms with van der Waals surface area (Å²) in [5.41, 5.74) is 4.60. The fourth-order valence-corrected chi connectivity index (χ4v) is 4.66. The summed E-state index contributed by atoms with van der Waals surface area (Å²) in [6.45, 7) is 10.7. The SMILES string of the molecule is COc1ccc(-n2ncc(C(=O)Nc3ccc(C)cc3C)c2C2CCN(C(=O)OC(C)(C)C)CC2)cc1. The van der Waals surface area contributed by atoms with Crippen molar-refractivity contribution in [1.29, 1.82) is 0 Å². The van der Waals surface area contributed by atoms with Crippen LogP contribution in [-0.2, 0) is 4.74 Å². The number of piperidine rings is 1. The maximum Gasteiger partial charge on any atom is 0.410 e. The molecule has 1 aliphatic heterocycles. The number of nitrogens with one attached hydrogen (secondary N) is 1. The molecular weight excluding hydrogens is 468 g/mol. The van der Waals surface area contributed by atoms with Gasteiger partial charge < -0.3 is 19.7 Å². The summed E-state index contributed by atoms with van der Waals surface area (Å²) in [5.74, 6) is 0.593. The van der Waals surface area contributed by atoms with Crippen molar-refractivity contribution in [2.45, 2.75) is 59.0 Å². The molecule has 196 valence electrons. The molecule has 0 spiro atoms. The number of benzene rings is 2. The maximum absolute atomic E-state index is 13.5. The molecule has 0 aliphatic carbocycles. The van der Waals surface area contributed by atoms with Crippen molar-refractivity contribution >= 4 is 17.7 Å². The van der Waals surface area contributed by atoms with Crippen LogP contribution in [0.4, 0.5) is 10.5 Å². The fraction of sp³-hybridized carbons (Fsp3) is 0.414. The smallest absolute Gasteiger partial charge is 0.410 e. The van der Waals surface area contributed by atoms with Crippen molar-refractivity contribution in [3.05, 3.63) is 71.0 Å². The third kappa shape index (κ3) is 6.13. The van der Waals surface area contributed by atoms with Gasteiger partial charge in [-0.05, 0) is 83.4 Å². The van der Waals surface area contributed by atoms with E-state index < -0.39 is 5.60 Å². The van der Waals surface area contributed by atoms with Crippen LogP contribution in [0.2, 0.25) is 0 Å². The molecule has 37 heavy (non-hydrogen) atoms. The van der Waals surface area contributed by atoms with E-state index in [2.05, 4.69) is 10.4 Å². The topological polar surface area (TPSA) is 85.7 Å². The number of rotatable bonds is 5. The Balaban J connectivity index is 1.63. The number of nitrogens with zero attached hydrogens (tertiary/aromatic N) is 3. The number of anilines is 1. The molecule has 1 N–H and O–H groups in total. The summed E-state index contributed by atoms with van der Waals surface area (Å²) in [4.78, 5) is 27.9. The Kier molecular flexibility index (Phi) is 7.57. The van der Waals surface area contributed by atoms with E-state index in [1.54, 1.807) is 18.2 Å². The first-order chi connectivity index (χ1) is 17.6. The number of aromatic nitrogens is 2. The van der Waals surface area contributed by atoms with E-state index in [1.165, 1.54) is 0 Å². The monoisotopic (exact) mass is 504 g/mol. The van der Waals surface area contributed by atoms with Crippen LogP contribution in [0, 0.1) is 13.8 Å². The van der Waals surface area contributed by atoms with E-state index in [-0.39, 0.29) is 17.9 Å². The molecule has 0 radical (unpaired) electrons. The predicted octanol–water partition coefficient (Wildman–Crippen LogP) is 5.86. The average Bonchev–Trinajstić information content (AvgIpc) is 3.30. The van der Waals surface area contributed by atoms with Gasteiger partial charge in [0.25, 0.3) is 5.91 Å². The van der Waals surface area contributed by atoms with Gasteiger partial charge in [-0.15, -0.1) is 0 Å². The van der Waals surface area contributed by atoms with Crippen LogP contribution in [0.1, 0.15) is 66.7 Å². The first-order valence-corrected chi connectivity index (χ1v) is 12.6. The van der Waals surface area contributed by atoms with E-state index in [4.69, 9.17) is 9.47 Å². The molecule has 0 unspecified atom stereocenters. The lowest BCUT2D eigenvalue weighted by molar-refractivity contribution is 0.0203. The van der Waals surface area contributed by atoms with E-state index >= 15 is 0 Å². The molecule has 1 saturated heterocycles. The fourth-order valence-electron chi connectivity index (χ4n) is 4.66. The van der Waals surface area contributed by atoms with E-state index in [9.17, 15) is 9.59 Å². The standard InChI is InChI=1S/C29H36N4O4/c1-19-7-12-25(20(2)17-19)31-27(34)24-18-30-33(22-8-10-23(36-6)11-9-22)26(24)21-13-15-32(16-14-21)28(35)37-29(3,4)5/h7-12,17-18,21H,13-16H2,1-6H3,(H,31,34). The summed E-state index contributed by atoms with van der Waals surface area (Å²) in [7, 11) is 1.63. The van der Waals surface area contributed by atoms with Crippen molar-refractivity contribution in [2.24, 2.45) is 0 Å². The molecule has 1 aliphatic rings. The van der Waals surface area contributed by atoms with Crippen LogP contribution in [0.3, 0.4) is 0 Å². The molecular formula is C29H36N4O4. The summed E-state index contributed by atoms with van der Waals surface area (Å²) >= 11 is 0. The maximum atomic E-state index is 13.5. The van der Waals surface area contributed by atoms with Gasteiger partial charge in [-0.3, -0.25) is 4.79 Å². The lowest BCUT2D eigenvalue weighted by atomic mass is 9.90. The number of ether oxygens (including phenoxy) is 2. The number of hydrogen-bond acceptors (Lipinski definition) is 5. The quantitative estimate of drug-likeness (QED) is 0.470. The molecule has 4 rings (SSSR count). The molecule has 8 nitrogen and oxygen atoms in total. The van der Waals surface area contributed by atoms with Crippen LogP contribution in [0.15, 0.2) is 48.7 Å². The highest BCUT2D eigenvalue weighted by molar-refractivity contribution is 6.05. The molecule has 0 atom stereocenters. The van der Waals surface area contributed by atoms with E-state index in [0.717, 1.165) is 33.9 Å². The third-order valence-electron chi connectivity index (χ3n) is 6.53. The van der Waals surface area contributed by atoms with Crippen LogP contribution >= 0.6 is 0 Å². The Hall–Kier alpha value is -3.81. The largest absolute Gasteiger partial charge is 0.497 e. The normalized spacial score (nSPS) is 14.4. The summed E-state index contributed by atoms with van der Waals surface area (Å²) < 4.78 is 12.7. The minimum atomic E-state index is -0.541. The Morgan fingerprint density at radius 2 is 1.70 bits per heavy atom. The van der Waals surface area contributed by atoms with Gasteiger partial charge in [0, 0.05) is 24.7 Å². The predicted molar refractivity (Wildman–Crippen MR) is 144 cm³/mol. The third-order valence-corrected chi connectivity index (χ3v) is 6.53. The summed E-state index contributed by atoms with van der Waals surface area (Å²) in [5, 5.41) is 7.70. The van der Waals surface area contributed by atoms with Crippen molar-refractivity contribution in [3.63, 3.8) is 0 Å². The Labute approximate surface area is 218 Å². The van der Waals surface area contributed by atoms with Crippen LogP contribution in [0.25, 0.3) is 5.69 Å². The minimum Gasteiger partial charge on any atom is -0.497 e. The molecule has 0 bridgehead atoms. The number of carbonyl (C=O) groups excluding carboxylic acids is 2. The molecule has 2 heterocycles. The van der Waals surface area contributed by atoms with E-state index in [0.29, 0.717) is 31.5 Å². The number of aryl methyl sites for hydroxylation is 2. The summed E-state index contributed by atoms with van der Waals surface area (Å²) in [6.07, 6.45) is 2.73. The van der Waals surface area contributed by atoms with Gasteiger partial charge in [0.2, 0.25) is 0 Å². The highest BCUT2D eigenvalue weighted by Gasteiger charge is 2.32. The zero-order chi connectivity index (χ0) is 26.7. The molecule has 2 aromatic carbocycles. The zero-order valence-electron chi connectivity index (χ0n) is 22.5. The highest BCUT2D eigenvalue weighted by atomic mass is 16.6. The number of hydrogen-bond donors (Lipinski definition) is 1. The molecule has 1 fully saturated rings. The molecule has 0 saturated carbocycles. The second kappa shape index (κ2) is 10.7. The lowest BCUT2D eigenvalue weighted by Crippen LogP contribution is -2.41. The Morgan fingerprint density at radius 1 is 1.03 bits per heavy atom. The number of methoxy groups -OCH3 is 1. The number of likely N-dealkylation sites (tertiary alicyclic amines) is 1. The first kappa shape index (κ1) is 26.3. The van der Waals surface area contributed by atoms with Crippen molar-refractivity contribution in [3.8, 4) is 11.4 Å². The second-order valence-corrected chi connectivity index (χ2v) is 10.6. The van der Waals surface area contributed by atoms with Crippen molar-refractivity contribution in [2.75, 3.05) is 25.5 Å². The van der Waals surface area contributed by atoms with Crippen molar-refractivity contribution in [1.82, 2.24) is 14.7 Å². The van der Waals surface area contributed by atoms with Crippen LogP contribution < -0.4 is 10.1 Å². The van der Waals surface area contributed by atoms with Crippen LogP contribution in [0.5, 0.6) is 5.75 Å². The lowest BCUT2D eigenvalue weighted by Gasteiger charge is -2.34. The zero-order valence-corrected chi connectivity index (χ0v) is 22.5. The minimum absolute atomic E-state index is 0.0446. The number of amides is 2. The molecule has 1 aromatic heterocycles. The molecule has 3 aromatic rings. The van der Waals surface area contributed by atoms with Crippen LogP contribution in [-0.4, -0.2) is 52.5 Å². The molecule has 8 heteroatoms. The van der Waals surface area contributed by atoms with Gasteiger partial charge in [0.1, 0.15) is 11.4 Å². The Bertz CT molecular complexity index is 1270. The van der Waals surface area contributed by atoms with E-state index in [1.807, 2.05) is 81.8 Å². The molecule has 2 amide bonds. The van der Waals surface area contributed by atoms with Gasteiger partial charge >= 0.3 is 6.09 Å². The highest BCUT2D eigenvalue weighted by Crippen LogP contribution is 2.33. The van der Waals surface area contributed by atoms with Gasteiger partial charge in [-0.2, -0.15) is 5.10 Å². The van der Waals surface area contributed by atoms with Crippen molar-refractivity contribution < 1.29 is 19.1 Å². The average molecular weight is 505 g/mol. The summed E-state index contributed by atoms with van der Waals surface area (Å²) in [6, 6.07) is 13.6. The second-order valence-electron chi connectivity index (χ2n) is 10.6. The Morgan fingerprint density at radius 3 is 2.30 bits per heavy atom. The van der Waals surface area contributed by atoms with Gasteiger partial charge in [-0.1, -0.05) is 17.7 Å². The van der Waals surface area contributed by atoms with Gasteiger partial charge in [0.15, 0.2) is 0 Å². The number of carbonyl (C=O) groups is 2. The first-order valence-electron chi connectivity index (χ1n) is 12.6. The van der Waals surface area contributed by atoms with Gasteiger partial charge in [-0.25, -0.2) is 9.48 Å².